The lowest BCUT2D eigenvalue weighted by Gasteiger charge is -2.23. The van der Waals surface area contributed by atoms with Crippen molar-refractivity contribution in [2.45, 2.75) is 38.5 Å². The van der Waals surface area contributed by atoms with Gasteiger partial charge in [0, 0.05) is 12.1 Å². The zero-order chi connectivity index (χ0) is 17.5. The molecular weight excluding hydrogens is 300 g/mol. The molecule has 128 valence electrons. The summed E-state index contributed by atoms with van der Waals surface area (Å²) in [6, 6.07) is 18.6. The Morgan fingerprint density at radius 2 is 1.50 bits per heavy atom. The summed E-state index contributed by atoms with van der Waals surface area (Å²) in [6.45, 7) is 3.72. The Labute approximate surface area is 143 Å². The van der Waals surface area contributed by atoms with E-state index in [1.54, 1.807) is 0 Å². The van der Waals surface area contributed by atoms with Gasteiger partial charge in [-0.1, -0.05) is 67.6 Å². The summed E-state index contributed by atoms with van der Waals surface area (Å²) in [5.41, 5.74) is 7.99. The molecule has 0 heterocycles. The molecule has 0 bridgehead atoms. The number of benzene rings is 2. The zero-order valence-electron chi connectivity index (χ0n) is 14.2. The largest absolute Gasteiger partial charge is 0.388 e. The molecule has 4 N–H and O–H groups in total. The van der Waals surface area contributed by atoms with E-state index in [-0.39, 0.29) is 23.9 Å². The second kappa shape index (κ2) is 8.62. The third-order valence-corrected chi connectivity index (χ3v) is 4.29. The highest BCUT2D eigenvalue weighted by Crippen LogP contribution is 2.21. The molecule has 24 heavy (non-hydrogen) atoms. The van der Waals surface area contributed by atoms with E-state index in [4.69, 9.17) is 5.73 Å². The fourth-order valence-corrected chi connectivity index (χ4v) is 2.71. The van der Waals surface area contributed by atoms with Crippen LogP contribution in [0.15, 0.2) is 60.7 Å². The maximum Gasteiger partial charge on any atom is 0.224 e. The van der Waals surface area contributed by atoms with Crippen molar-refractivity contribution >= 4 is 5.91 Å². The minimum atomic E-state index is -0.598. The van der Waals surface area contributed by atoms with Gasteiger partial charge in [0.15, 0.2) is 0 Å². The first-order chi connectivity index (χ1) is 11.5. The number of hydrogen-bond donors (Lipinski definition) is 3. The second-order valence-electron chi connectivity index (χ2n) is 6.30. The molecule has 0 saturated heterocycles. The molecule has 0 aliphatic heterocycles. The quantitative estimate of drug-likeness (QED) is 0.732. The summed E-state index contributed by atoms with van der Waals surface area (Å²) in [6.07, 6.45) is -0.136. The van der Waals surface area contributed by atoms with Crippen molar-refractivity contribution in [3.63, 3.8) is 0 Å². The monoisotopic (exact) mass is 326 g/mol. The van der Waals surface area contributed by atoms with E-state index in [1.165, 1.54) is 0 Å². The smallest absolute Gasteiger partial charge is 0.224 e. The van der Waals surface area contributed by atoms with Gasteiger partial charge < -0.3 is 16.2 Å². The summed E-state index contributed by atoms with van der Waals surface area (Å²) in [5.74, 6) is -0.442. The second-order valence-corrected chi connectivity index (χ2v) is 6.30. The summed E-state index contributed by atoms with van der Waals surface area (Å²) < 4.78 is 0. The van der Waals surface area contributed by atoms with Crippen LogP contribution in [0.4, 0.5) is 0 Å². The number of nitrogens with two attached hydrogens (primary N) is 1. The molecule has 0 aliphatic carbocycles. The Balaban J connectivity index is 1.89. The lowest BCUT2D eigenvalue weighted by Crippen LogP contribution is -2.40. The maximum absolute atomic E-state index is 12.4. The Hall–Kier alpha value is -2.17. The third kappa shape index (κ3) is 4.91. The molecule has 0 aliphatic rings. The number of carbonyl (C=O) groups is 1. The molecule has 4 unspecified atom stereocenters. The lowest BCUT2D eigenvalue weighted by atomic mass is 9.94. The highest BCUT2D eigenvalue weighted by molar-refractivity contribution is 5.79. The van der Waals surface area contributed by atoms with Crippen LogP contribution in [-0.2, 0) is 4.79 Å². The molecule has 0 spiro atoms. The van der Waals surface area contributed by atoms with Crippen LogP contribution in [-0.4, -0.2) is 17.1 Å². The number of aliphatic hydroxyl groups excluding tert-OH is 1. The molecule has 0 saturated carbocycles. The first-order valence-electron chi connectivity index (χ1n) is 8.33. The van der Waals surface area contributed by atoms with Crippen LogP contribution in [0.5, 0.6) is 0 Å². The number of rotatable bonds is 7. The Kier molecular flexibility index (Phi) is 6.53. The zero-order valence-corrected chi connectivity index (χ0v) is 14.2. The number of hydrogen-bond acceptors (Lipinski definition) is 3. The van der Waals surface area contributed by atoms with Crippen molar-refractivity contribution in [3.05, 3.63) is 71.8 Å². The highest BCUT2D eigenvalue weighted by atomic mass is 16.3. The molecule has 1 amide bonds. The van der Waals surface area contributed by atoms with E-state index in [2.05, 4.69) is 5.32 Å². The maximum atomic E-state index is 12.4. The topological polar surface area (TPSA) is 75.3 Å². The van der Waals surface area contributed by atoms with E-state index in [9.17, 15) is 9.90 Å². The standard InChI is InChI=1S/C20H26N2O2/c1-14(13-18(23)16-9-5-3-6-10-16)22-20(24)15(2)19(21)17-11-7-4-8-12-17/h3-12,14-15,18-19,23H,13,21H2,1-2H3,(H,22,24). The molecule has 2 rings (SSSR count). The average molecular weight is 326 g/mol. The van der Waals surface area contributed by atoms with Crippen molar-refractivity contribution in [1.29, 1.82) is 0 Å². The van der Waals surface area contributed by atoms with Crippen molar-refractivity contribution in [3.8, 4) is 0 Å². The van der Waals surface area contributed by atoms with Gasteiger partial charge >= 0.3 is 0 Å². The van der Waals surface area contributed by atoms with Gasteiger partial charge in [-0.05, 0) is 24.5 Å². The molecule has 4 heteroatoms. The highest BCUT2D eigenvalue weighted by Gasteiger charge is 2.24. The van der Waals surface area contributed by atoms with Crippen LogP contribution in [0.2, 0.25) is 0 Å². The van der Waals surface area contributed by atoms with E-state index >= 15 is 0 Å². The fraction of sp³-hybridized carbons (Fsp3) is 0.350. The minimum Gasteiger partial charge on any atom is -0.388 e. The van der Waals surface area contributed by atoms with Crippen molar-refractivity contribution in [2.24, 2.45) is 11.7 Å². The van der Waals surface area contributed by atoms with Crippen LogP contribution in [0, 0.1) is 5.92 Å². The third-order valence-electron chi connectivity index (χ3n) is 4.29. The molecule has 0 radical (unpaired) electrons. The minimum absolute atomic E-state index is 0.0980. The van der Waals surface area contributed by atoms with Crippen molar-refractivity contribution < 1.29 is 9.90 Å². The van der Waals surface area contributed by atoms with Crippen molar-refractivity contribution in [1.82, 2.24) is 5.32 Å². The van der Waals surface area contributed by atoms with E-state index in [0.29, 0.717) is 6.42 Å². The molecule has 2 aromatic rings. The van der Waals surface area contributed by atoms with Gasteiger partial charge in [0.1, 0.15) is 0 Å². The number of aliphatic hydroxyl groups is 1. The fourth-order valence-electron chi connectivity index (χ4n) is 2.71. The van der Waals surface area contributed by atoms with Crippen molar-refractivity contribution in [2.75, 3.05) is 0 Å². The Bertz CT molecular complexity index is 631. The van der Waals surface area contributed by atoms with Gasteiger partial charge in [-0.3, -0.25) is 4.79 Å². The van der Waals surface area contributed by atoms with Crippen LogP contribution in [0.25, 0.3) is 0 Å². The lowest BCUT2D eigenvalue weighted by molar-refractivity contribution is -0.125. The Morgan fingerprint density at radius 1 is 1.00 bits per heavy atom. The summed E-state index contributed by atoms with van der Waals surface area (Å²) in [7, 11) is 0. The molecule has 2 aromatic carbocycles. The number of carbonyl (C=O) groups excluding carboxylic acids is 1. The van der Waals surface area contributed by atoms with Gasteiger partial charge in [-0.15, -0.1) is 0 Å². The molecule has 4 nitrogen and oxygen atoms in total. The molecule has 0 fully saturated rings. The van der Waals surface area contributed by atoms with E-state index in [0.717, 1.165) is 11.1 Å². The summed E-state index contributed by atoms with van der Waals surface area (Å²) >= 11 is 0. The predicted octanol–water partition coefficient (Wildman–Crippen LogP) is 2.95. The van der Waals surface area contributed by atoms with E-state index < -0.39 is 6.10 Å². The normalized spacial score (nSPS) is 16.0. The van der Waals surface area contributed by atoms with E-state index in [1.807, 2.05) is 74.5 Å². The molecular formula is C20H26N2O2. The van der Waals surface area contributed by atoms with Gasteiger partial charge in [0.25, 0.3) is 0 Å². The average Bonchev–Trinajstić information content (AvgIpc) is 2.61. The first kappa shape index (κ1) is 18.2. The predicted molar refractivity (Wildman–Crippen MR) is 96.2 cm³/mol. The molecule has 0 aromatic heterocycles. The van der Waals surface area contributed by atoms with Gasteiger partial charge in [-0.25, -0.2) is 0 Å². The number of amides is 1. The SMILES string of the molecule is CC(CC(O)c1ccccc1)NC(=O)C(C)C(N)c1ccccc1. The van der Waals surface area contributed by atoms with Gasteiger partial charge in [0.2, 0.25) is 5.91 Å². The van der Waals surface area contributed by atoms with Crippen LogP contribution in [0.1, 0.15) is 43.5 Å². The Morgan fingerprint density at radius 3 is 2.04 bits per heavy atom. The van der Waals surface area contributed by atoms with Crippen LogP contribution < -0.4 is 11.1 Å². The van der Waals surface area contributed by atoms with Crippen LogP contribution in [0.3, 0.4) is 0 Å². The molecule has 4 atom stereocenters. The van der Waals surface area contributed by atoms with Gasteiger partial charge in [0.05, 0.1) is 12.0 Å². The summed E-state index contributed by atoms with van der Waals surface area (Å²) in [5, 5.41) is 13.2. The number of nitrogens with one attached hydrogen (secondary N) is 1. The van der Waals surface area contributed by atoms with Gasteiger partial charge in [-0.2, -0.15) is 0 Å². The van der Waals surface area contributed by atoms with Crippen LogP contribution >= 0.6 is 0 Å². The summed E-state index contributed by atoms with van der Waals surface area (Å²) in [4.78, 5) is 12.4. The first-order valence-corrected chi connectivity index (χ1v) is 8.33.